The zero-order chi connectivity index (χ0) is 19.4. The molecule has 0 saturated carbocycles. The van der Waals surface area contributed by atoms with Gasteiger partial charge in [0.25, 0.3) is 5.91 Å². The van der Waals surface area contributed by atoms with Gasteiger partial charge in [0.05, 0.1) is 11.3 Å². The summed E-state index contributed by atoms with van der Waals surface area (Å²) >= 11 is 0. The second-order valence-electron chi connectivity index (χ2n) is 5.81. The molecule has 8 heteroatoms. The number of amides is 1. The van der Waals surface area contributed by atoms with Gasteiger partial charge in [0.2, 0.25) is 5.95 Å². The normalized spacial score (nSPS) is 10.5. The van der Waals surface area contributed by atoms with E-state index in [0.717, 1.165) is 23.3 Å². The van der Waals surface area contributed by atoms with Gasteiger partial charge >= 0.3 is 0 Å². The molecule has 27 heavy (non-hydrogen) atoms. The van der Waals surface area contributed by atoms with Crippen molar-refractivity contribution in [2.24, 2.45) is 0 Å². The second-order valence-corrected chi connectivity index (χ2v) is 5.81. The summed E-state index contributed by atoms with van der Waals surface area (Å²) in [6, 6.07) is 9.58. The zero-order valence-corrected chi connectivity index (χ0v) is 14.3. The third-order valence-corrected chi connectivity index (χ3v) is 3.77. The van der Waals surface area contributed by atoms with Crippen molar-refractivity contribution in [3.63, 3.8) is 0 Å². The van der Waals surface area contributed by atoms with Gasteiger partial charge in [-0.05, 0) is 24.6 Å². The van der Waals surface area contributed by atoms with Crippen LogP contribution in [-0.2, 0) is 6.54 Å². The molecule has 1 heterocycles. The SMILES string of the molecule is Cc1ccc(CNc2ncc(C(=O)Nc3ccc(F)c(F)c3F)cn2)cc1. The topological polar surface area (TPSA) is 66.9 Å². The molecule has 0 fully saturated rings. The van der Waals surface area contributed by atoms with Crippen LogP contribution in [0.25, 0.3) is 0 Å². The fourth-order valence-electron chi connectivity index (χ4n) is 2.24. The first-order valence-electron chi connectivity index (χ1n) is 8.00. The van der Waals surface area contributed by atoms with E-state index in [1.165, 1.54) is 12.4 Å². The Kier molecular flexibility index (Phi) is 5.35. The van der Waals surface area contributed by atoms with Crippen LogP contribution in [0.3, 0.4) is 0 Å². The molecule has 0 unspecified atom stereocenters. The number of carbonyl (C=O) groups is 1. The predicted octanol–water partition coefficient (Wildman–Crippen LogP) is 4.07. The van der Waals surface area contributed by atoms with Crippen molar-refractivity contribution < 1.29 is 18.0 Å². The van der Waals surface area contributed by atoms with Gasteiger partial charge in [-0.15, -0.1) is 0 Å². The lowest BCUT2D eigenvalue weighted by atomic mass is 10.1. The Balaban J connectivity index is 1.63. The van der Waals surface area contributed by atoms with E-state index in [2.05, 4.69) is 20.6 Å². The molecule has 0 aliphatic carbocycles. The minimum absolute atomic E-state index is 0.0417. The van der Waals surface area contributed by atoms with Gasteiger partial charge in [0, 0.05) is 18.9 Å². The number of aromatic nitrogens is 2. The third-order valence-electron chi connectivity index (χ3n) is 3.77. The molecule has 2 N–H and O–H groups in total. The van der Waals surface area contributed by atoms with E-state index in [-0.39, 0.29) is 5.56 Å². The van der Waals surface area contributed by atoms with Crippen LogP contribution in [0.4, 0.5) is 24.8 Å². The first kappa shape index (κ1) is 18.4. The van der Waals surface area contributed by atoms with Gasteiger partial charge in [0.1, 0.15) is 0 Å². The molecule has 3 aromatic rings. The Morgan fingerprint density at radius 1 is 0.963 bits per heavy atom. The smallest absolute Gasteiger partial charge is 0.258 e. The molecule has 0 spiro atoms. The second kappa shape index (κ2) is 7.86. The summed E-state index contributed by atoms with van der Waals surface area (Å²) in [5.74, 6) is -4.89. The summed E-state index contributed by atoms with van der Waals surface area (Å²) in [6.07, 6.45) is 2.50. The number of carbonyl (C=O) groups excluding carboxylic acids is 1. The molecular weight excluding hydrogens is 357 g/mol. The largest absolute Gasteiger partial charge is 0.350 e. The number of benzene rings is 2. The highest BCUT2D eigenvalue weighted by Crippen LogP contribution is 2.20. The number of nitrogens with zero attached hydrogens (tertiary/aromatic N) is 2. The van der Waals surface area contributed by atoms with Crippen LogP contribution in [0.5, 0.6) is 0 Å². The first-order chi connectivity index (χ1) is 12.9. The Hall–Kier alpha value is -3.42. The summed E-state index contributed by atoms with van der Waals surface area (Å²) in [6.45, 7) is 2.50. The summed E-state index contributed by atoms with van der Waals surface area (Å²) in [7, 11) is 0. The molecule has 1 amide bonds. The van der Waals surface area contributed by atoms with Gasteiger partial charge in [0.15, 0.2) is 17.5 Å². The fourth-order valence-corrected chi connectivity index (χ4v) is 2.24. The molecular formula is C19H15F3N4O. The molecule has 0 aliphatic rings. The third kappa shape index (κ3) is 4.41. The number of nitrogens with one attached hydrogen (secondary N) is 2. The van der Waals surface area contributed by atoms with Gasteiger partial charge in [-0.1, -0.05) is 29.8 Å². The van der Waals surface area contributed by atoms with Crippen molar-refractivity contribution in [2.75, 3.05) is 10.6 Å². The van der Waals surface area contributed by atoms with Crippen LogP contribution in [0, 0.1) is 24.4 Å². The van der Waals surface area contributed by atoms with Crippen molar-refractivity contribution in [1.29, 1.82) is 0 Å². The number of rotatable bonds is 5. The summed E-state index contributed by atoms with van der Waals surface area (Å²) in [5, 5.41) is 5.17. The Labute approximate surface area is 153 Å². The Morgan fingerprint density at radius 2 is 1.63 bits per heavy atom. The molecule has 0 radical (unpaired) electrons. The van der Waals surface area contributed by atoms with E-state index < -0.39 is 29.0 Å². The average Bonchev–Trinajstić information content (AvgIpc) is 2.68. The molecule has 0 bridgehead atoms. The molecule has 3 rings (SSSR count). The standard InChI is InChI=1S/C19H15F3N4O/c1-11-2-4-12(5-3-11)8-23-19-24-9-13(10-25-19)18(27)26-15-7-6-14(20)16(21)17(15)22/h2-7,9-10H,8H2,1H3,(H,26,27)(H,23,24,25). The zero-order valence-electron chi connectivity index (χ0n) is 14.3. The number of anilines is 2. The lowest BCUT2D eigenvalue weighted by molar-refractivity contribution is 0.102. The van der Waals surface area contributed by atoms with E-state index in [0.29, 0.717) is 12.5 Å². The highest BCUT2D eigenvalue weighted by atomic mass is 19.2. The van der Waals surface area contributed by atoms with Crippen molar-refractivity contribution >= 4 is 17.5 Å². The number of aryl methyl sites for hydroxylation is 1. The van der Waals surface area contributed by atoms with Crippen LogP contribution >= 0.6 is 0 Å². The number of hydrogen-bond donors (Lipinski definition) is 2. The van der Waals surface area contributed by atoms with Crippen molar-refractivity contribution in [1.82, 2.24) is 9.97 Å². The minimum atomic E-state index is -1.65. The highest BCUT2D eigenvalue weighted by Gasteiger charge is 2.16. The van der Waals surface area contributed by atoms with Crippen molar-refractivity contribution in [3.05, 3.63) is 82.9 Å². The Bertz CT molecular complexity index is 960. The van der Waals surface area contributed by atoms with Gasteiger partial charge in [-0.25, -0.2) is 23.1 Å². The quantitative estimate of drug-likeness (QED) is 0.663. The summed E-state index contributed by atoms with van der Waals surface area (Å²) in [5.41, 5.74) is 1.77. The van der Waals surface area contributed by atoms with E-state index in [9.17, 15) is 18.0 Å². The molecule has 1 aromatic heterocycles. The maximum atomic E-state index is 13.6. The van der Waals surface area contributed by atoms with E-state index >= 15 is 0 Å². The van der Waals surface area contributed by atoms with Crippen LogP contribution < -0.4 is 10.6 Å². The average molecular weight is 372 g/mol. The fraction of sp³-hybridized carbons (Fsp3) is 0.105. The lowest BCUT2D eigenvalue weighted by Gasteiger charge is -2.08. The summed E-state index contributed by atoms with van der Waals surface area (Å²) in [4.78, 5) is 20.1. The molecule has 0 saturated heterocycles. The molecule has 0 aliphatic heterocycles. The first-order valence-corrected chi connectivity index (χ1v) is 8.00. The summed E-state index contributed by atoms with van der Waals surface area (Å²) < 4.78 is 39.8. The highest BCUT2D eigenvalue weighted by molar-refractivity contribution is 6.03. The molecule has 5 nitrogen and oxygen atoms in total. The van der Waals surface area contributed by atoms with Crippen molar-refractivity contribution in [3.8, 4) is 0 Å². The molecule has 0 atom stereocenters. The van der Waals surface area contributed by atoms with Crippen LogP contribution in [0.1, 0.15) is 21.5 Å². The van der Waals surface area contributed by atoms with E-state index in [1.807, 2.05) is 31.2 Å². The monoisotopic (exact) mass is 372 g/mol. The lowest BCUT2D eigenvalue weighted by Crippen LogP contribution is -2.15. The number of halogens is 3. The van der Waals surface area contributed by atoms with E-state index in [4.69, 9.17) is 0 Å². The Morgan fingerprint density at radius 3 is 2.30 bits per heavy atom. The van der Waals surface area contributed by atoms with Gasteiger partial charge in [-0.2, -0.15) is 0 Å². The van der Waals surface area contributed by atoms with Crippen LogP contribution in [0.15, 0.2) is 48.8 Å². The minimum Gasteiger partial charge on any atom is -0.350 e. The van der Waals surface area contributed by atoms with Crippen LogP contribution in [0.2, 0.25) is 0 Å². The number of hydrogen-bond acceptors (Lipinski definition) is 4. The van der Waals surface area contributed by atoms with E-state index in [1.54, 1.807) is 0 Å². The van der Waals surface area contributed by atoms with Crippen molar-refractivity contribution in [2.45, 2.75) is 13.5 Å². The molecule has 2 aromatic carbocycles. The van der Waals surface area contributed by atoms with Gasteiger partial charge < -0.3 is 10.6 Å². The maximum Gasteiger partial charge on any atom is 0.258 e. The van der Waals surface area contributed by atoms with Gasteiger partial charge in [-0.3, -0.25) is 4.79 Å². The maximum absolute atomic E-state index is 13.6. The van der Waals surface area contributed by atoms with Crippen LogP contribution in [-0.4, -0.2) is 15.9 Å². The molecule has 138 valence electrons. The predicted molar refractivity (Wildman–Crippen MR) is 94.8 cm³/mol.